The van der Waals surface area contributed by atoms with E-state index >= 15 is 0 Å². The summed E-state index contributed by atoms with van der Waals surface area (Å²) in [5, 5.41) is 0.674. The van der Waals surface area contributed by atoms with Crippen LogP contribution in [0.15, 0.2) is 46.6 Å². The molecule has 0 spiro atoms. The van der Waals surface area contributed by atoms with Gasteiger partial charge in [0.15, 0.2) is 5.16 Å². The molecular formula is C25H30F3N5O4S2. The first-order chi connectivity index (χ1) is 18.7. The molecule has 2 saturated heterocycles. The van der Waals surface area contributed by atoms with Gasteiger partial charge in [0.2, 0.25) is 10.0 Å². The summed E-state index contributed by atoms with van der Waals surface area (Å²) in [5.74, 6) is 0.372. The molecule has 2 aliphatic heterocycles. The zero-order valence-electron chi connectivity index (χ0n) is 21.3. The molecular weight excluding hydrogens is 555 g/mol. The van der Waals surface area contributed by atoms with E-state index in [0.29, 0.717) is 54.8 Å². The lowest BCUT2D eigenvalue weighted by Crippen LogP contribution is -2.40. The Kier molecular flexibility index (Phi) is 8.79. The Morgan fingerprint density at radius 3 is 2.33 bits per heavy atom. The van der Waals surface area contributed by atoms with Gasteiger partial charge in [-0.05, 0) is 36.2 Å². The molecule has 1 aromatic carbocycles. The third kappa shape index (κ3) is 6.74. The van der Waals surface area contributed by atoms with E-state index in [9.17, 15) is 21.6 Å². The quantitative estimate of drug-likeness (QED) is 0.353. The van der Waals surface area contributed by atoms with E-state index in [1.54, 1.807) is 18.2 Å². The third-order valence-corrected chi connectivity index (χ3v) is 9.68. The first-order valence-corrected chi connectivity index (χ1v) is 15.2. The first-order valence-electron chi connectivity index (χ1n) is 12.7. The Labute approximate surface area is 229 Å². The SMILES string of the molecule is O=S(=O)(c1ccc2c(c1)nc(SCc1ccc(C(F)(F)F)nc1)n2CCCN1CCOCC1)N1CCOCC1. The van der Waals surface area contributed by atoms with Gasteiger partial charge in [0.05, 0.1) is 42.4 Å². The van der Waals surface area contributed by atoms with Crippen molar-refractivity contribution in [1.29, 1.82) is 0 Å². The highest BCUT2D eigenvalue weighted by atomic mass is 32.2. The number of halogens is 3. The number of thioether (sulfide) groups is 1. The maximum Gasteiger partial charge on any atom is 0.433 e. The van der Waals surface area contributed by atoms with Crippen molar-refractivity contribution in [2.75, 3.05) is 59.2 Å². The Morgan fingerprint density at radius 2 is 1.67 bits per heavy atom. The van der Waals surface area contributed by atoms with Gasteiger partial charge in [0.25, 0.3) is 0 Å². The summed E-state index contributed by atoms with van der Waals surface area (Å²) in [7, 11) is -3.68. The van der Waals surface area contributed by atoms with Gasteiger partial charge in [0.1, 0.15) is 5.69 Å². The Morgan fingerprint density at radius 1 is 0.949 bits per heavy atom. The van der Waals surface area contributed by atoms with E-state index in [-0.39, 0.29) is 4.90 Å². The van der Waals surface area contributed by atoms with Gasteiger partial charge in [-0.25, -0.2) is 13.4 Å². The number of hydrogen-bond donors (Lipinski definition) is 0. The normalized spacial score (nSPS) is 18.1. The Balaban J connectivity index is 1.38. The Bertz CT molecular complexity index is 1370. The lowest BCUT2D eigenvalue weighted by molar-refractivity contribution is -0.141. The summed E-state index contributed by atoms with van der Waals surface area (Å²) in [5.41, 5.74) is 1.07. The topological polar surface area (TPSA) is 89.8 Å². The highest BCUT2D eigenvalue weighted by Gasteiger charge is 2.32. The van der Waals surface area contributed by atoms with Gasteiger partial charge in [-0.15, -0.1) is 0 Å². The highest BCUT2D eigenvalue weighted by Crippen LogP contribution is 2.31. The number of imidazole rings is 1. The second-order valence-electron chi connectivity index (χ2n) is 9.36. The second-order valence-corrected chi connectivity index (χ2v) is 12.2. The maximum absolute atomic E-state index is 13.2. The molecule has 212 valence electrons. The number of ether oxygens (including phenoxy) is 2. The van der Waals surface area contributed by atoms with Crippen molar-refractivity contribution < 1.29 is 31.1 Å². The minimum atomic E-state index is -4.49. The van der Waals surface area contributed by atoms with Crippen molar-refractivity contribution in [3.05, 3.63) is 47.8 Å². The van der Waals surface area contributed by atoms with Crippen LogP contribution in [0.5, 0.6) is 0 Å². The van der Waals surface area contributed by atoms with Crippen LogP contribution >= 0.6 is 11.8 Å². The molecule has 0 unspecified atom stereocenters. The monoisotopic (exact) mass is 585 g/mol. The van der Waals surface area contributed by atoms with Gasteiger partial charge in [-0.1, -0.05) is 17.8 Å². The minimum absolute atomic E-state index is 0.179. The Hall–Kier alpha value is -2.23. The molecule has 0 saturated carbocycles. The lowest BCUT2D eigenvalue weighted by Gasteiger charge is -2.26. The molecule has 0 bridgehead atoms. The number of aryl methyl sites for hydroxylation is 1. The number of benzene rings is 1. The van der Waals surface area contributed by atoms with Crippen molar-refractivity contribution >= 4 is 32.8 Å². The fourth-order valence-corrected chi connectivity index (χ4v) is 7.02. The van der Waals surface area contributed by atoms with Crippen molar-refractivity contribution in [3.8, 4) is 0 Å². The van der Waals surface area contributed by atoms with E-state index in [1.807, 2.05) is 0 Å². The highest BCUT2D eigenvalue weighted by molar-refractivity contribution is 7.98. The molecule has 4 heterocycles. The van der Waals surface area contributed by atoms with E-state index in [2.05, 4.69) is 14.5 Å². The molecule has 2 aromatic heterocycles. The van der Waals surface area contributed by atoms with Crippen LogP contribution in [0.25, 0.3) is 11.0 Å². The van der Waals surface area contributed by atoms with Crippen molar-refractivity contribution in [2.24, 2.45) is 0 Å². The molecule has 0 N–H and O–H groups in total. The van der Waals surface area contributed by atoms with Gasteiger partial charge in [-0.2, -0.15) is 17.5 Å². The molecule has 5 rings (SSSR count). The molecule has 0 aliphatic carbocycles. The third-order valence-electron chi connectivity index (χ3n) is 6.74. The average Bonchev–Trinajstić information content (AvgIpc) is 3.29. The van der Waals surface area contributed by atoms with Crippen LogP contribution in [0.4, 0.5) is 13.2 Å². The van der Waals surface area contributed by atoms with E-state index < -0.39 is 21.9 Å². The predicted molar refractivity (Wildman–Crippen MR) is 140 cm³/mol. The maximum atomic E-state index is 13.2. The molecule has 0 radical (unpaired) electrons. The summed E-state index contributed by atoms with van der Waals surface area (Å²) >= 11 is 1.39. The molecule has 0 atom stereocenters. The van der Waals surface area contributed by atoms with Crippen molar-refractivity contribution in [3.63, 3.8) is 0 Å². The van der Waals surface area contributed by atoms with Crippen molar-refractivity contribution in [1.82, 2.24) is 23.7 Å². The number of pyridine rings is 1. The molecule has 0 amide bonds. The molecule has 3 aromatic rings. The zero-order valence-corrected chi connectivity index (χ0v) is 22.9. The summed E-state index contributed by atoms with van der Waals surface area (Å²) in [4.78, 5) is 10.8. The first kappa shape index (κ1) is 28.3. The fraction of sp³-hybridized carbons (Fsp3) is 0.520. The number of sulfonamides is 1. The minimum Gasteiger partial charge on any atom is -0.379 e. The molecule has 2 aliphatic rings. The molecule has 14 heteroatoms. The fourth-order valence-electron chi connectivity index (χ4n) is 4.61. The van der Waals surface area contributed by atoms with Gasteiger partial charge < -0.3 is 14.0 Å². The van der Waals surface area contributed by atoms with Gasteiger partial charge >= 0.3 is 6.18 Å². The molecule has 39 heavy (non-hydrogen) atoms. The smallest absolute Gasteiger partial charge is 0.379 e. The molecule has 2 fully saturated rings. The van der Waals surface area contributed by atoms with Crippen LogP contribution in [0.3, 0.4) is 0 Å². The number of aromatic nitrogens is 3. The average molecular weight is 586 g/mol. The van der Waals surface area contributed by atoms with Crippen LogP contribution in [-0.4, -0.2) is 91.3 Å². The lowest BCUT2D eigenvalue weighted by atomic mass is 10.3. The molecule has 9 nitrogen and oxygen atoms in total. The summed E-state index contributed by atoms with van der Waals surface area (Å²) < 4.78 is 79.3. The van der Waals surface area contributed by atoms with Crippen LogP contribution in [0.1, 0.15) is 17.7 Å². The van der Waals surface area contributed by atoms with E-state index in [0.717, 1.165) is 50.9 Å². The number of hydrogen-bond acceptors (Lipinski definition) is 8. The van der Waals surface area contributed by atoms with Crippen LogP contribution in [0, 0.1) is 0 Å². The van der Waals surface area contributed by atoms with E-state index in [4.69, 9.17) is 14.5 Å². The van der Waals surface area contributed by atoms with Crippen LogP contribution in [-0.2, 0) is 38.0 Å². The number of morpholine rings is 2. The van der Waals surface area contributed by atoms with Crippen LogP contribution < -0.4 is 0 Å². The number of alkyl halides is 3. The summed E-state index contributed by atoms with van der Waals surface area (Å²) in [6, 6.07) is 7.39. The van der Waals surface area contributed by atoms with Crippen molar-refractivity contribution in [2.45, 2.75) is 34.9 Å². The predicted octanol–water partition coefficient (Wildman–Crippen LogP) is 3.49. The summed E-state index contributed by atoms with van der Waals surface area (Å²) in [6.45, 7) is 6.09. The number of nitrogens with zero attached hydrogens (tertiary/aromatic N) is 5. The number of fused-ring (bicyclic) bond motifs is 1. The zero-order chi connectivity index (χ0) is 27.5. The number of rotatable bonds is 9. The van der Waals surface area contributed by atoms with Gasteiger partial charge in [-0.3, -0.25) is 9.88 Å². The second kappa shape index (κ2) is 12.1. The summed E-state index contributed by atoms with van der Waals surface area (Å²) in [6.07, 6.45) is -2.40. The standard InChI is InChI=1S/C25H30F3N5O4S2/c26-25(27,28)23-5-2-19(17-29-23)18-38-24-30-21-16-20(39(34,35)32-10-14-37-15-11-32)3-4-22(21)33(24)7-1-6-31-8-12-36-13-9-31/h2-5,16-17H,1,6-15,18H2. The van der Waals surface area contributed by atoms with Crippen LogP contribution in [0.2, 0.25) is 0 Å². The van der Waals surface area contributed by atoms with Gasteiger partial charge in [0, 0.05) is 51.2 Å². The largest absolute Gasteiger partial charge is 0.433 e. The van der Waals surface area contributed by atoms with E-state index in [1.165, 1.54) is 28.3 Å².